The number of hydrogen-bond acceptors (Lipinski definition) is 6. The van der Waals surface area contributed by atoms with Gasteiger partial charge in [0.25, 0.3) is 5.91 Å². The van der Waals surface area contributed by atoms with Gasteiger partial charge in [0, 0.05) is 28.6 Å². The van der Waals surface area contributed by atoms with Crippen LogP contribution in [0.4, 0.5) is 4.39 Å². The van der Waals surface area contributed by atoms with Gasteiger partial charge in [0.15, 0.2) is 11.6 Å². The zero-order valence-electron chi connectivity index (χ0n) is 18.9. The average molecular weight is 478 g/mol. The molecule has 3 atom stereocenters. The molecular weight excluding hydrogens is 453 g/mol. The maximum absolute atomic E-state index is 14.6. The Balaban J connectivity index is 1.63. The molecule has 174 valence electrons. The van der Waals surface area contributed by atoms with Crippen LogP contribution in [-0.2, 0) is 0 Å². The average Bonchev–Trinajstić information content (AvgIpc) is 3.55. The Morgan fingerprint density at radius 2 is 1.88 bits per heavy atom. The summed E-state index contributed by atoms with van der Waals surface area (Å²) in [6, 6.07) is 14.3. The molecule has 2 saturated heterocycles. The molecule has 1 aromatic heterocycles. The van der Waals surface area contributed by atoms with Crippen LogP contribution in [0.2, 0.25) is 0 Å². The summed E-state index contributed by atoms with van der Waals surface area (Å²) < 4.78 is 25.0. The van der Waals surface area contributed by atoms with Crippen molar-refractivity contribution in [2.45, 2.75) is 37.4 Å². The van der Waals surface area contributed by atoms with E-state index in [-0.39, 0.29) is 29.8 Å². The number of nitrogens with zero attached hydrogens (tertiary/aromatic N) is 2. The van der Waals surface area contributed by atoms with Crippen molar-refractivity contribution in [3.8, 4) is 39.1 Å². The molecule has 0 spiro atoms. The number of fused-ring (bicyclic) bond motifs is 2. The van der Waals surface area contributed by atoms with E-state index < -0.39 is 5.82 Å². The Hall–Kier alpha value is -3.41. The predicted octanol–water partition coefficient (Wildman–Crippen LogP) is 4.81. The number of hydrogen-bond donors (Lipinski definition) is 1. The number of carbonyl (C=O) groups is 1. The number of rotatable bonds is 5. The molecule has 34 heavy (non-hydrogen) atoms. The van der Waals surface area contributed by atoms with Gasteiger partial charge in [-0.3, -0.25) is 4.79 Å². The number of carbonyl (C=O) groups excluding carboxylic acids is 1. The molecule has 2 N–H and O–H groups in total. The first-order chi connectivity index (χ1) is 16.4. The molecular formula is C26H24FN3O3S. The Bertz CT molecular complexity index is 1320. The second kappa shape index (κ2) is 8.75. The van der Waals surface area contributed by atoms with E-state index in [2.05, 4.69) is 6.07 Å². The summed E-state index contributed by atoms with van der Waals surface area (Å²) in [5.41, 5.74) is 8.87. The summed E-state index contributed by atoms with van der Waals surface area (Å²) in [6.07, 6.45) is 2.74. The third-order valence-electron chi connectivity index (χ3n) is 6.81. The molecule has 0 saturated carbocycles. The van der Waals surface area contributed by atoms with Gasteiger partial charge in [-0.2, -0.15) is 5.26 Å². The summed E-state index contributed by atoms with van der Waals surface area (Å²) >= 11 is 1.34. The van der Waals surface area contributed by atoms with Crippen molar-refractivity contribution in [1.82, 2.24) is 4.90 Å². The van der Waals surface area contributed by atoms with Crippen molar-refractivity contribution < 1.29 is 18.7 Å². The first-order valence-electron chi connectivity index (χ1n) is 11.1. The Morgan fingerprint density at radius 1 is 1.12 bits per heavy atom. The molecule has 8 heteroatoms. The van der Waals surface area contributed by atoms with Crippen molar-refractivity contribution >= 4 is 17.2 Å². The zero-order valence-corrected chi connectivity index (χ0v) is 19.7. The van der Waals surface area contributed by atoms with E-state index in [1.807, 2.05) is 17.0 Å². The second-order valence-electron chi connectivity index (χ2n) is 8.64. The number of nitrogens with two attached hydrogens (primary N) is 1. The van der Waals surface area contributed by atoms with Crippen LogP contribution >= 0.6 is 11.3 Å². The lowest BCUT2D eigenvalue weighted by molar-refractivity contribution is 0.0731. The minimum Gasteiger partial charge on any atom is -0.495 e. The fourth-order valence-electron chi connectivity index (χ4n) is 5.16. The van der Waals surface area contributed by atoms with Gasteiger partial charge < -0.3 is 20.1 Å². The van der Waals surface area contributed by atoms with Crippen LogP contribution < -0.4 is 15.2 Å². The van der Waals surface area contributed by atoms with Crippen LogP contribution in [-0.4, -0.2) is 43.2 Å². The summed E-state index contributed by atoms with van der Waals surface area (Å²) in [5, 5.41) is 9.36. The van der Waals surface area contributed by atoms with E-state index in [4.69, 9.17) is 15.2 Å². The summed E-state index contributed by atoms with van der Waals surface area (Å²) in [4.78, 5) is 16.9. The predicted molar refractivity (Wildman–Crippen MR) is 129 cm³/mol. The number of amides is 1. The standard InChI is InChI=1S/C26H24FN3O3S/c1-32-22-8-5-15(9-19(22)27)25-18(14-3-4-16(13-28)23(10-14)33-2)12-24(34-25)26(31)30-17-6-7-21(30)20(29)11-17/h3-5,8-10,12,17,20-21H,6-7,11,29H2,1-2H3/t17-,20-,21+/m1/s1. The van der Waals surface area contributed by atoms with Gasteiger partial charge in [0.1, 0.15) is 11.8 Å². The van der Waals surface area contributed by atoms with Crippen LogP contribution in [0.5, 0.6) is 11.5 Å². The van der Waals surface area contributed by atoms with Gasteiger partial charge in [-0.05, 0) is 66.8 Å². The largest absolute Gasteiger partial charge is 0.495 e. The lowest BCUT2D eigenvalue weighted by Crippen LogP contribution is -2.40. The number of ether oxygens (including phenoxy) is 2. The normalized spacial score (nSPS) is 20.9. The maximum atomic E-state index is 14.6. The molecule has 0 unspecified atom stereocenters. The zero-order chi connectivity index (χ0) is 24.0. The third kappa shape index (κ3) is 3.61. The Labute approximate surface area is 201 Å². The van der Waals surface area contributed by atoms with Crippen LogP contribution in [0, 0.1) is 17.1 Å². The highest BCUT2D eigenvalue weighted by molar-refractivity contribution is 7.18. The van der Waals surface area contributed by atoms with Gasteiger partial charge in [-0.25, -0.2) is 4.39 Å². The molecule has 0 radical (unpaired) electrons. The van der Waals surface area contributed by atoms with Gasteiger partial charge >= 0.3 is 0 Å². The van der Waals surface area contributed by atoms with Crippen LogP contribution in [0.1, 0.15) is 34.5 Å². The van der Waals surface area contributed by atoms with Gasteiger partial charge in [0.05, 0.1) is 24.7 Å². The maximum Gasteiger partial charge on any atom is 0.264 e. The lowest BCUT2D eigenvalue weighted by atomic mass is 9.97. The highest BCUT2D eigenvalue weighted by Gasteiger charge is 2.47. The minimum atomic E-state index is -0.479. The molecule has 2 bridgehead atoms. The summed E-state index contributed by atoms with van der Waals surface area (Å²) in [5.74, 6) is 0.0797. The Morgan fingerprint density at radius 3 is 2.50 bits per heavy atom. The van der Waals surface area contributed by atoms with E-state index >= 15 is 0 Å². The van der Waals surface area contributed by atoms with E-state index in [9.17, 15) is 14.4 Å². The van der Waals surface area contributed by atoms with Gasteiger partial charge in [-0.15, -0.1) is 11.3 Å². The van der Waals surface area contributed by atoms with Crippen molar-refractivity contribution in [1.29, 1.82) is 5.26 Å². The quantitative estimate of drug-likeness (QED) is 0.570. The SMILES string of the molecule is COc1ccc(-c2sc(C(=O)N3[C@@H]4CC[C@H]3[C@H](N)C4)cc2-c2ccc(C#N)c(OC)c2)cc1F. The lowest BCUT2D eigenvalue weighted by Gasteiger charge is -2.22. The van der Waals surface area contributed by atoms with Crippen LogP contribution in [0.15, 0.2) is 42.5 Å². The molecule has 0 aliphatic carbocycles. The first kappa shape index (κ1) is 22.4. The summed E-state index contributed by atoms with van der Waals surface area (Å²) in [7, 11) is 2.93. The van der Waals surface area contributed by atoms with E-state index in [0.717, 1.165) is 35.3 Å². The first-order valence-corrected chi connectivity index (χ1v) is 11.9. The molecule has 2 aliphatic rings. The molecule has 2 fully saturated rings. The fourth-order valence-corrected chi connectivity index (χ4v) is 6.28. The van der Waals surface area contributed by atoms with E-state index in [1.54, 1.807) is 24.3 Å². The molecule has 5 rings (SSSR count). The number of benzene rings is 2. The van der Waals surface area contributed by atoms with Crippen molar-refractivity contribution in [3.05, 3.63) is 58.7 Å². The second-order valence-corrected chi connectivity index (χ2v) is 9.69. The summed E-state index contributed by atoms with van der Waals surface area (Å²) in [6.45, 7) is 0. The molecule has 1 amide bonds. The van der Waals surface area contributed by atoms with E-state index in [0.29, 0.717) is 21.8 Å². The van der Waals surface area contributed by atoms with Crippen LogP contribution in [0.25, 0.3) is 21.6 Å². The Kier molecular flexibility index (Phi) is 5.76. The highest BCUT2D eigenvalue weighted by Crippen LogP contribution is 2.44. The van der Waals surface area contributed by atoms with Gasteiger partial charge in [0.2, 0.25) is 0 Å². The van der Waals surface area contributed by atoms with Crippen molar-refractivity contribution in [2.24, 2.45) is 5.73 Å². The monoisotopic (exact) mass is 477 g/mol. The molecule has 2 aromatic carbocycles. The topological polar surface area (TPSA) is 88.6 Å². The highest BCUT2D eigenvalue weighted by atomic mass is 32.1. The van der Waals surface area contributed by atoms with Gasteiger partial charge in [-0.1, -0.05) is 6.07 Å². The number of halogens is 1. The number of nitriles is 1. The smallest absolute Gasteiger partial charge is 0.264 e. The number of methoxy groups -OCH3 is 2. The van der Waals surface area contributed by atoms with E-state index in [1.165, 1.54) is 31.6 Å². The third-order valence-corrected chi connectivity index (χ3v) is 7.98. The molecule has 3 heterocycles. The molecule has 6 nitrogen and oxygen atoms in total. The molecule has 2 aliphatic heterocycles. The number of thiophene rings is 1. The van der Waals surface area contributed by atoms with Crippen molar-refractivity contribution in [3.63, 3.8) is 0 Å². The minimum absolute atomic E-state index is 0.0140. The molecule has 3 aromatic rings. The van der Waals surface area contributed by atoms with Crippen LogP contribution in [0.3, 0.4) is 0 Å². The fraction of sp³-hybridized carbons (Fsp3) is 0.308. The van der Waals surface area contributed by atoms with Crippen molar-refractivity contribution in [2.75, 3.05) is 14.2 Å².